The van der Waals surface area contributed by atoms with Gasteiger partial charge in [0.25, 0.3) is 0 Å². The van der Waals surface area contributed by atoms with Crippen LogP contribution in [-0.4, -0.2) is 4.98 Å². The maximum atomic E-state index is 11.8. The highest BCUT2D eigenvalue weighted by atomic mass is 127. The van der Waals surface area contributed by atoms with Gasteiger partial charge in [-0.2, -0.15) is 0 Å². The Labute approximate surface area is 134 Å². The van der Waals surface area contributed by atoms with Crippen LogP contribution in [0.3, 0.4) is 0 Å². The first-order valence-electron chi connectivity index (χ1n) is 5.38. The molecule has 0 aliphatic heterocycles. The summed E-state index contributed by atoms with van der Waals surface area (Å²) in [6, 6.07) is 10.9. The van der Waals surface area contributed by atoms with Crippen LogP contribution in [0.1, 0.15) is 0 Å². The monoisotopic (exact) mass is 479 g/mol. The first-order chi connectivity index (χ1) is 9.13. The Morgan fingerprint density at radius 3 is 2.37 bits per heavy atom. The molecule has 0 aliphatic carbocycles. The van der Waals surface area contributed by atoms with Gasteiger partial charge in [-0.15, -0.1) is 0 Å². The van der Waals surface area contributed by atoms with Gasteiger partial charge in [-0.1, -0.05) is 12.1 Å². The molecule has 0 radical (unpaired) electrons. The largest absolute Gasteiger partial charge is 0.451 e. The van der Waals surface area contributed by atoms with Gasteiger partial charge in [-0.05, 0) is 69.4 Å². The van der Waals surface area contributed by atoms with Crippen LogP contribution in [0.2, 0.25) is 0 Å². The number of fused-ring (bicyclic) bond motifs is 2. The van der Waals surface area contributed by atoms with Crippen molar-refractivity contribution < 1.29 is 8.83 Å². The second-order valence-corrected chi connectivity index (χ2v) is 6.23. The number of nitrogens with one attached hydrogen (secondary N) is 1. The molecule has 0 spiro atoms. The van der Waals surface area contributed by atoms with Crippen LogP contribution in [0.15, 0.2) is 50.0 Å². The minimum atomic E-state index is -0.517. The number of aromatic amines is 1. The quantitative estimate of drug-likeness (QED) is 0.493. The average molecular weight is 479 g/mol. The second kappa shape index (κ2) is 5.16. The molecule has 19 heavy (non-hydrogen) atoms. The van der Waals surface area contributed by atoms with Gasteiger partial charge in [-0.3, -0.25) is 4.98 Å². The van der Waals surface area contributed by atoms with Crippen molar-refractivity contribution in [2.75, 3.05) is 0 Å². The van der Waals surface area contributed by atoms with Crippen molar-refractivity contribution in [1.29, 1.82) is 0 Å². The molecule has 0 atom stereocenters. The van der Waals surface area contributed by atoms with Gasteiger partial charge in [0.15, 0.2) is 16.7 Å². The first-order valence-corrected chi connectivity index (χ1v) is 7.54. The Bertz CT molecular complexity index is 874. The topological polar surface area (TPSA) is 59.1 Å². The van der Waals surface area contributed by atoms with Crippen LogP contribution >= 0.6 is 45.2 Å². The fourth-order valence-corrected chi connectivity index (χ4v) is 3.64. The summed E-state index contributed by atoms with van der Waals surface area (Å²) < 4.78 is 13.0. The van der Waals surface area contributed by atoms with Crippen LogP contribution in [0.5, 0.6) is 0 Å². The Balaban J connectivity index is 2.61. The fraction of sp³-hybridized carbons (Fsp3) is 0. The molecule has 96 valence electrons. The smallest absolute Gasteiger partial charge is 0.417 e. The van der Waals surface area contributed by atoms with Crippen molar-refractivity contribution in [3.05, 3.63) is 54.1 Å². The van der Waals surface area contributed by atoms with E-state index in [-0.39, 0.29) is 0 Å². The van der Waals surface area contributed by atoms with E-state index in [1.54, 1.807) is 18.2 Å². The van der Waals surface area contributed by atoms with Crippen molar-refractivity contribution in [3.8, 4) is 0 Å². The fourth-order valence-electron chi connectivity index (χ4n) is 1.72. The van der Waals surface area contributed by atoms with E-state index in [2.05, 4.69) is 50.2 Å². The van der Waals surface area contributed by atoms with Gasteiger partial charge in [-0.25, -0.2) is 4.79 Å². The number of hydrogen-bond donors (Lipinski definition) is 1. The number of rotatable bonds is 0. The Hall–Kier alpha value is -1.03. The number of halogens is 2. The molecule has 4 nitrogen and oxygen atoms in total. The third-order valence-corrected chi connectivity index (χ3v) is 3.99. The lowest BCUT2D eigenvalue weighted by Gasteiger charge is -2.00. The molecule has 0 amide bonds. The highest BCUT2D eigenvalue weighted by molar-refractivity contribution is 14.1. The Morgan fingerprint density at radius 1 is 0.947 bits per heavy atom. The normalized spacial score (nSPS) is 10.8. The molecule has 3 aromatic rings. The van der Waals surface area contributed by atoms with Gasteiger partial charge >= 0.3 is 5.76 Å². The number of aromatic nitrogens is 1. The zero-order valence-corrected chi connectivity index (χ0v) is 13.8. The standard InChI is InChI=1S/C13H7I2NO3/c14-7-5-8(15)12-11(6-7)18-9-3-1-2-4-10(9)19-13(17)16-12/h1-6H,(H,16,17). The number of para-hydroxylation sites is 2. The molecular weight excluding hydrogens is 472 g/mol. The van der Waals surface area contributed by atoms with E-state index in [0.29, 0.717) is 22.3 Å². The molecule has 0 fully saturated rings. The van der Waals surface area contributed by atoms with Gasteiger partial charge in [0, 0.05) is 7.14 Å². The summed E-state index contributed by atoms with van der Waals surface area (Å²) in [5.41, 5.74) is 2.16. The summed E-state index contributed by atoms with van der Waals surface area (Å²) in [4.78, 5) is 14.5. The predicted octanol–water partition coefficient (Wildman–Crippen LogP) is 4.20. The Kier molecular flexibility index (Phi) is 3.52. The van der Waals surface area contributed by atoms with Crippen molar-refractivity contribution in [3.63, 3.8) is 0 Å². The van der Waals surface area contributed by atoms with E-state index in [1.807, 2.05) is 18.2 Å². The molecule has 6 heteroatoms. The Morgan fingerprint density at radius 2 is 1.63 bits per heavy atom. The average Bonchev–Trinajstić information content (AvgIpc) is 2.34. The first kappa shape index (κ1) is 13.0. The number of benzene rings is 2. The van der Waals surface area contributed by atoms with Crippen LogP contribution in [0.25, 0.3) is 22.3 Å². The molecule has 2 aromatic carbocycles. The van der Waals surface area contributed by atoms with Crippen LogP contribution in [0, 0.1) is 7.14 Å². The second-order valence-electron chi connectivity index (χ2n) is 3.82. The molecule has 1 aromatic heterocycles. The lowest BCUT2D eigenvalue weighted by Crippen LogP contribution is -2.02. The molecule has 0 saturated heterocycles. The van der Waals surface area contributed by atoms with Gasteiger partial charge in [0.2, 0.25) is 0 Å². The van der Waals surface area contributed by atoms with Crippen LogP contribution in [0.4, 0.5) is 0 Å². The molecule has 0 bridgehead atoms. The van der Waals surface area contributed by atoms with Crippen LogP contribution < -0.4 is 5.76 Å². The van der Waals surface area contributed by atoms with Gasteiger partial charge in [0.1, 0.15) is 5.52 Å². The maximum absolute atomic E-state index is 11.8. The molecule has 0 unspecified atom stereocenters. The van der Waals surface area contributed by atoms with Gasteiger partial charge in [0.05, 0.1) is 0 Å². The summed E-state index contributed by atoms with van der Waals surface area (Å²) in [5, 5.41) is 0. The van der Waals surface area contributed by atoms with E-state index in [1.165, 1.54) is 0 Å². The van der Waals surface area contributed by atoms with Crippen molar-refractivity contribution in [2.45, 2.75) is 0 Å². The SMILES string of the molecule is O=c1[nH]c2c(I)cc(I)cc2oc2ccccc2o1. The molecule has 3 rings (SSSR count). The van der Waals surface area contributed by atoms with Gasteiger partial charge < -0.3 is 8.83 Å². The van der Waals surface area contributed by atoms with E-state index < -0.39 is 5.76 Å². The van der Waals surface area contributed by atoms with Crippen LogP contribution in [-0.2, 0) is 0 Å². The zero-order chi connectivity index (χ0) is 13.4. The van der Waals surface area contributed by atoms with Crippen molar-refractivity contribution >= 4 is 67.4 Å². The molecule has 1 heterocycles. The summed E-state index contributed by atoms with van der Waals surface area (Å²) in [6.45, 7) is 0. The van der Waals surface area contributed by atoms with E-state index in [0.717, 1.165) is 7.14 Å². The molecule has 0 aliphatic rings. The highest BCUT2D eigenvalue weighted by Crippen LogP contribution is 2.22. The lowest BCUT2D eigenvalue weighted by atomic mass is 10.3. The molecule has 0 saturated carbocycles. The minimum Gasteiger partial charge on any atom is -0.451 e. The highest BCUT2D eigenvalue weighted by Gasteiger charge is 2.04. The number of H-pyrrole nitrogens is 1. The summed E-state index contributed by atoms with van der Waals surface area (Å²) in [5.74, 6) is -0.517. The summed E-state index contributed by atoms with van der Waals surface area (Å²) >= 11 is 4.36. The van der Waals surface area contributed by atoms with Crippen molar-refractivity contribution in [2.24, 2.45) is 0 Å². The summed E-state index contributed by atoms with van der Waals surface area (Å²) in [7, 11) is 0. The molecule has 1 N–H and O–H groups in total. The third-order valence-electron chi connectivity index (χ3n) is 2.52. The number of hydrogen-bond acceptors (Lipinski definition) is 3. The third kappa shape index (κ3) is 2.64. The van der Waals surface area contributed by atoms with E-state index >= 15 is 0 Å². The zero-order valence-electron chi connectivity index (χ0n) is 9.44. The summed E-state index contributed by atoms with van der Waals surface area (Å²) in [6.07, 6.45) is 0. The minimum absolute atomic E-state index is 0.402. The van der Waals surface area contributed by atoms with E-state index in [9.17, 15) is 4.79 Å². The van der Waals surface area contributed by atoms with E-state index in [4.69, 9.17) is 8.83 Å². The molecular formula is C13H7I2NO3. The lowest BCUT2D eigenvalue weighted by molar-refractivity contribution is 0.524. The van der Waals surface area contributed by atoms with Crippen molar-refractivity contribution in [1.82, 2.24) is 4.98 Å². The predicted molar refractivity (Wildman–Crippen MR) is 89.7 cm³/mol. The maximum Gasteiger partial charge on any atom is 0.417 e.